The van der Waals surface area contributed by atoms with Crippen molar-refractivity contribution >= 4 is 20.1 Å². The highest BCUT2D eigenvalue weighted by molar-refractivity contribution is 7.89. The van der Waals surface area contributed by atoms with Crippen LogP contribution in [-0.2, 0) is 26.6 Å². The zero-order valence-electron chi connectivity index (χ0n) is 13.9. The van der Waals surface area contributed by atoms with Gasteiger partial charge in [0.25, 0.3) is 10.1 Å². The van der Waals surface area contributed by atoms with Gasteiger partial charge in [-0.15, -0.1) is 0 Å². The monoisotopic (exact) mass is 368 g/mol. The van der Waals surface area contributed by atoms with Gasteiger partial charge in [0, 0.05) is 12.1 Å². The maximum Gasteiger partial charge on any atom is 0.261 e. The van der Waals surface area contributed by atoms with Crippen molar-refractivity contribution < 1.29 is 26.1 Å². The van der Waals surface area contributed by atoms with E-state index in [9.17, 15) is 16.8 Å². The average molecular weight is 368 g/mol. The van der Waals surface area contributed by atoms with Gasteiger partial charge in [0.2, 0.25) is 10.0 Å². The minimum Gasteiger partial charge on any atom is -0.496 e. The van der Waals surface area contributed by atoms with Crippen molar-refractivity contribution in [3.05, 3.63) is 23.8 Å². The van der Waals surface area contributed by atoms with E-state index in [4.69, 9.17) is 9.29 Å². The van der Waals surface area contributed by atoms with Crippen LogP contribution in [0, 0.1) is 0 Å². The van der Waals surface area contributed by atoms with Crippen LogP contribution in [0.15, 0.2) is 23.1 Å². The first kappa shape index (κ1) is 21.8. The van der Waals surface area contributed by atoms with E-state index in [1.54, 1.807) is 25.3 Å². The number of nitrogens with zero attached hydrogens (tertiary/aromatic N) is 1. The zero-order valence-corrected chi connectivity index (χ0v) is 15.5. The zero-order chi connectivity index (χ0) is 18.3. The standard InChI is InChI=1S/C12H20N2O3S.CH4O3S/c1-13-18(15,16)12-7-5-6-11(17-4)10(12)8-9-14(2)3;1-5(2,3)4/h5-7,13H,8-9H2,1-4H3;1H3,(H,2,3,4). The molecule has 0 aliphatic rings. The first-order valence-electron chi connectivity index (χ1n) is 6.59. The smallest absolute Gasteiger partial charge is 0.261 e. The van der Waals surface area contributed by atoms with E-state index < -0.39 is 20.1 Å². The van der Waals surface area contributed by atoms with Crippen LogP contribution in [-0.4, -0.2) is 67.3 Å². The minimum atomic E-state index is -3.67. The van der Waals surface area contributed by atoms with Crippen LogP contribution in [0.4, 0.5) is 0 Å². The van der Waals surface area contributed by atoms with Gasteiger partial charge in [-0.2, -0.15) is 8.42 Å². The molecule has 0 spiro atoms. The van der Waals surface area contributed by atoms with Crippen molar-refractivity contribution in [2.75, 3.05) is 41.1 Å². The van der Waals surface area contributed by atoms with Crippen LogP contribution in [0.1, 0.15) is 5.56 Å². The first-order chi connectivity index (χ1) is 10.4. The van der Waals surface area contributed by atoms with Crippen LogP contribution in [0.5, 0.6) is 5.75 Å². The summed E-state index contributed by atoms with van der Waals surface area (Å²) in [6.45, 7) is 0.757. The second-order valence-electron chi connectivity index (χ2n) is 4.93. The Labute approximate surface area is 138 Å². The van der Waals surface area contributed by atoms with Crippen molar-refractivity contribution in [3.63, 3.8) is 0 Å². The summed E-state index contributed by atoms with van der Waals surface area (Å²) >= 11 is 0. The fourth-order valence-corrected chi connectivity index (χ4v) is 2.68. The largest absolute Gasteiger partial charge is 0.496 e. The molecule has 0 saturated carbocycles. The summed E-state index contributed by atoms with van der Waals surface area (Å²) in [5.74, 6) is 0.605. The maximum absolute atomic E-state index is 12.0. The topological polar surface area (TPSA) is 113 Å². The molecule has 23 heavy (non-hydrogen) atoms. The van der Waals surface area contributed by atoms with E-state index in [1.165, 1.54) is 7.05 Å². The third-order valence-electron chi connectivity index (χ3n) is 2.68. The molecule has 0 aliphatic heterocycles. The predicted molar refractivity (Wildman–Crippen MR) is 89.0 cm³/mol. The molecule has 0 radical (unpaired) electrons. The van der Waals surface area contributed by atoms with E-state index in [0.717, 1.165) is 6.54 Å². The van der Waals surface area contributed by atoms with Gasteiger partial charge in [-0.1, -0.05) is 6.07 Å². The van der Waals surface area contributed by atoms with Crippen LogP contribution in [0.25, 0.3) is 0 Å². The summed E-state index contributed by atoms with van der Waals surface area (Å²) in [6.07, 6.45) is 1.33. The fourth-order valence-electron chi connectivity index (χ4n) is 1.68. The quantitative estimate of drug-likeness (QED) is 0.690. The lowest BCUT2D eigenvalue weighted by atomic mass is 10.1. The number of hydrogen-bond donors (Lipinski definition) is 2. The van der Waals surface area contributed by atoms with Crippen molar-refractivity contribution in [2.24, 2.45) is 0 Å². The summed E-state index contributed by atoms with van der Waals surface area (Å²) in [5, 5.41) is 0. The fraction of sp³-hybridized carbons (Fsp3) is 0.538. The Morgan fingerprint density at radius 3 is 2.13 bits per heavy atom. The molecule has 0 saturated heterocycles. The summed E-state index contributed by atoms with van der Waals surface area (Å²) in [6, 6.07) is 5.06. The van der Waals surface area contributed by atoms with Gasteiger partial charge in [0.1, 0.15) is 5.75 Å². The molecule has 1 aromatic rings. The van der Waals surface area contributed by atoms with E-state index in [1.807, 2.05) is 19.0 Å². The van der Waals surface area contributed by atoms with E-state index in [2.05, 4.69) is 4.72 Å². The first-order valence-corrected chi connectivity index (χ1v) is 9.92. The van der Waals surface area contributed by atoms with Gasteiger partial charge >= 0.3 is 0 Å². The highest BCUT2D eigenvalue weighted by atomic mass is 32.2. The highest BCUT2D eigenvalue weighted by Gasteiger charge is 2.19. The molecule has 10 heteroatoms. The molecule has 0 fully saturated rings. The van der Waals surface area contributed by atoms with Crippen LogP contribution < -0.4 is 9.46 Å². The Bertz CT molecular complexity index is 691. The van der Waals surface area contributed by atoms with Crippen LogP contribution in [0.2, 0.25) is 0 Å². The number of nitrogens with one attached hydrogen (secondary N) is 1. The molecule has 0 unspecified atom stereocenters. The van der Waals surface area contributed by atoms with Crippen molar-refractivity contribution in [2.45, 2.75) is 11.3 Å². The molecule has 0 aliphatic carbocycles. The van der Waals surface area contributed by atoms with Crippen LogP contribution in [0.3, 0.4) is 0 Å². The lowest BCUT2D eigenvalue weighted by Gasteiger charge is -2.16. The third-order valence-corrected chi connectivity index (χ3v) is 4.18. The van der Waals surface area contributed by atoms with Crippen molar-refractivity contribution in [1.82, 2.24) is 9.62 Å². The van der Waals surface area contributed by atoms with Crippen molar-refractivity contribution in [1.29, 1.82) is 0 Å². The Morgan fingerprint density at radius 2 is 1.74 bits per heavy atom. The lowest BCUT2D eigenvalue weighted by Crippen LogP contribution is -2.22. The molecule has 0 heterocycles. The molecule has 8 nitrogen and oxygen atoms in total. The second-order valence-corrected chi connectivity index (χ2v) is 8.25. The Balaban J connectivity index is 0.000000841. The van der Waals surface area contributed by atoms with Crippen molar-refractivity contribution in [3.8, 4) is 5.75 Å². The summed E-state index contributed by atoms with van der Waals surface area (Å²) < 4.78 is 57.4. The molecule has 0 amide bonds. The Morgan fingerprint density at radius 1 is 1.22 bits per heavy atom. The summed E-state index contributed by atoms with van der Waals surface area (Å²) in [7, 11) is -0.279. The molecule has 1 aromatic carbocycles. The Hall–Kier alpha value is -1.20. The number of sulfonamides is 1. The SMILES string of the molecule is CNS(=O)(=O)c1cccc(OC)c1CCN(C)C.CS(=O)(=O)O. The normalized spacial score (nSPS) is 11.8. The maximum atomic E-state index is 12.0. The lowest BCUT2D eigenvalue weighted by molar-refractivity contribution is 0.389. The summed E-state index contributed by atoms with van der Waals surface area (Å²) in [5.41, 5.74) is 0.711. The van der Waals surface area contributed by atoms with E-state index in [0.29, 0.717) is 24.0 Å². The van der Waals surface area contributed by atoms with Gasteiger partial charge in [-0.25, -0.2) is 13.1 Å². The van der Waals surface area contributed by atoms with E-state index >= 15 is 0 Å². The molecule has 0 atom stereocenters. The summed E-state index contributed by atoms with van der Waals surface area (Å²) in [4.78, 5) is 2.29. The molecule has 2 N–H and O–H groups in total. The molecule has 1 rings (SSSR count). The molecular formula is C13H24N2O6S2. The van der Waals surface area contributed by atoms with Crippen LogP contribution >= 0.6 is 0 Å². The van der Waals surface area contributed by atoms with Gasteiger partial charge in [0.15, 0.2) is 0 Å². The molecular weight excluding hydrogens is 344 g/mol. The highest BCUT2D eigenvalue weighted by Crippen LogP contribution is 2.26. The average Bonchev–Trinajstić information content (AvgIpc) is 2.42. The number of rotatable bonds is 6. The number of likely N-dealkylation sites (N-methyl/N-ethyl adjacent to an activating group) is 1. The second kappa shape index (κ2) is 9.18. The van der Waals surface area contributed by atoms with Gasteiger partial charge in [-0.3, -0.25) is 4.55 Å². The molecule has 0 bridgehead atoms. The van der Waals surface area contributed by atoms with Gasteiger partial charge < -0.3 is 9.64 Å². The third kappa shape index (κ3) is 8.86. The molecule has 0 aromatic heterocycles. The number of methoxy groups -OCH3 is 1. The predicted octanol–water partition coefficient (Wildman–Crippen LogP) is 0.211. The number of ether oxygens (including phenoxy) is 1. The number of benzene rings is 1. The minimum absolute atomic E-state index is 0.284. The van der Waals surface area contributed by atoms with Gasteiger partial charge in [0.05, 0.1) is 18.3 Å². The molecule has 134 valence electrons. The van der Waals surface area contributed by atoms with E-state index in [-0.39, 0.29) is 4.90 Å². The Kier molecular flexibility index (Phi) is 8.70. The number of hydrogen-bond acceptors (Lipinski definition) is 6. The van der Waals surface area contributed by atoms with Gasteiger partial charge in [-0.05, 0) is 39.7 Å².